The van der Waals surface area contributed by atoms with E-state index in [-0.39, 0.29) is 45.6 Å². The van der Waals surface area contributed by atoms with Crippen molar-refractivity contribution in [2.45, 2.75) is 64.8 Å². The molecular weight excluding hydrogens is 620 g/mol. The van der Waals surface area contributed by atoms with E-state index in [4.69, 9.17) is 4.74 Å². The third-order valence-corrected chi connectivity index (χ3v) is 7.33. The smallest absolute Gasteiger partial charge is 0.408 e. The Bertz CT molecular complexity index is 1810. The molecule has 5 rings (SSSR count). The molecule has 2 N–H and O–H groups in total. The van der Waals surface area contributed by atoms with Crippen molar-refractivity contribution in [3.05, 3.63) is 77.4 Å². The van der Waals surface area contributed by atoms with Crippen molar-refractivity contribution in [2.24, 2.45) is 0 Å². The van der Waals surface area contributed by atoms with E-state index in [1.807, 2.05) is 0 Å². The van der Waals surface area contributed by atoms with Crippen LogP contribution in [0.1, 0.15) is 66.4 Å². The van der Waals surface area contributed by atoms with E-state index >= 15 is 0 Å². The molecule has 1 fully saturated rings. The van der Waals surface area contributed by atoms with Gasteiger partial charge in [-0.15, -0.1) is 0 Å². The normalized spacial score (nSPS) is 13.8. The maximum absolute atomic E-state index is 14.1. The molecule has 2 aromatic heterocycles. The topological polar surface area (TPSA) is 118 Å². The summed E-state index contributed by atoms with van der Waals surface area (Å²) in [6.45, 7) is 5.10. The first-order valence-electron chi connectivity index (χ1n) is 15.1. The number of rotatable bonds is 8. The highest BCUT2D eigenvalue weighted by atomic mass is 19.4. The second-order valence-corrected chi connectivity index (χ2v) is 12.2. The molecule has 0 radical (unpaired) electrons. The molecule has 0 unspecified atom stereocenters. The van der Waals surface area contributed by atoms with Crippen molar-refractivity contribution in [1.82, 2.24) is 14.8 Å². The fraction of sp³-hybridized carbons (Fsp3) is 0.364. The minimum atomic E-state index is -4.58. The lowest BCUT2D eigenvalue weighted by Gasteiger charge is -2.30. The molecule has 248 valence electrons. The summed E-state index contributed by atoms with van der Waals surface area (Å²) >= 11 is 0. The summed E-state index contributed by atoms with van der Waals surface area (Å²) in [6, 6.07) is 11.2. The number of piperidine rings is 1. The Balaban J connectivity index is 1.45. The average Bonchev–Trinajstić information content (AvgIpc) is 3.35. The Morgan fingerprint density at radius 3 is 2.34 bits per heavy atom. The largest absolute Gasteiger partial charge is 0.460 e. The first kappa shape index (κ1) is 33.4. The zero-order chi connectivity index (χ0) is 33.9. The van der Waals surface area contributed by atoms with Gasteiger partial charge < -0.3 is 20.3 Å². The molecule has 14 heteroatoms. The molecule has 0 spiro atoms. The number of pyridine rings is 1. The fourth-order valence-electron chi connectivity index (χ4n) is 5.38. The van der Waals surface area contributed by atoms with Crippen LogP contribution in [0.25, 0.3) is 11.0 Å². The highest BCUT2D eigenvalue weighted by Gasteiger charge is 2.31. The maximum atomic E-state index is 14.1. The lowest BCUT2D eigenvalue weighted by molar-refractivity contribution is -0.154. The highest BCUT2D eigenvalue weighted by Crippen LogP contribution is 2.32. The van der Waals surface area contributed by atoms with Gasteiger partial charge in [-0.1, -0.05) is 0 Å². The average molecular weight is 655 g/mol. The van der Waals surface area contributed by atoms with Crippen LogP contribution in [0.5, 0.6) is 0 Å². The van der Waals surface area contributed by atoms with E-state index in [9.17, 15) is 31.9 Å². The van der Waals surface area contributed by atoms with Gasteiger partial charge in [-0.2, -0.15) is 18.3 Å². The molecule has 3 heterocycles. The lowest BCUT2D eigenvalue weighted by atomic mass is 10.1. The van der Waals surface area contributed by atoms with Gasteiger partial charge in [0, 0.05) is 30.5 Å². The van der Waals surface area contributed by atoms with Crippen molar-refractivity contribution in [3.63, 3.8) is 0 Å². The van der Waals surface area contributed by atoms with E-state index in [0.29, 0.717) is 23.5 Å². The number of hydrogen-bond acceptors (Lipinski definition) is 7. The molecule has 0 atom stereocenters. The van der Waals surface area contributed by atoms with Gasteiger partial charge in [0.25, 0.3) is 11.8 Å². The number of amides is 2. The Morgan fingerprint density at radius 2 is 1.64 bits per heavy atom. The van der Waals surface area contributed by atoms with Crippen molar-refractivity contribution < 1.29 is 36.7 Å². The quantitative estimate of drug-likeness (QED) is 0.164. The van der Waals surface area contributed by atoms with E-state index < -0.39 is 41.9 Å². The van der Waals surface area contributed by atoms with Crippen LogP contribution in [0.2, 0.25) is 0 Å². The van der Waals surface area contributed by atoms with Crippen molar-refractivity contribution in [1.29, 1.82) is 0 Å². The number of hydrogen-bond donors (Lipinski definition) is 2. The third kappa shape index (κ3) is 8.43. The van der Waals surface area contributed by atoms with Crippen molar-refractivity contribution in [2.75, 3.05) is 28.6 Å². The van der Waals surface area contributed by atoms with Crippen LogP contribution in [-0.4, -0.2) is 57.4 Å². The first-order valence-corrected chi connectivity index (χ1v) is 15.1. The minimum Gasteiger partial charge on any atom is -0.460 e. The number of carbonyl (C=O) groups excluding carboxylic acids is 3. The Hall–Kier alpha value is -5.01. The number of anilines is 3. The summed E-state index contributed by atoms with van der Waals surface area (Å²) in [4.78, 5) is 45.7. The molecule has 0 saturated carbocycles. The summed E-state index contributed by atoms with van der Waals surface area (Å²) < 4.78 is 60.0. The zero-order valence-corrected chi connectivity index (χ0v) is 26.1. The molecule has 2 aromatic carbocycles. The first-order chi connectivity index (χ1) is 22.2. The maximum Gasteiger partial charge on any atom is 0.408 e. The number of esters is 1. The van der Waals surface area contributed by atoms with Gasteiger partial charge in [0.1, 0.15) is 23.5 Å². The van der Waals surface area contributed by atoms with Gasteiger partial charge in [-0.05, 0) is 94.1 Å². The molecule has 1 aliphatic rings. The second kappa shape index (κ2) is 13.4. The molecule has 0 aliphatic carbocycles. The molecule has 2 amide bonds. The molecule has 0 bridgehead atoms. The summed E-state index contributed by atoms with van der Waals surface area (Å²) in [6.07, 6.45) is -0.647. The predicted octanol–water partition coefficient (Wildman–Crippen LogP) is 6.51. The number of fused-ring (bicyclic) bond motifs is 1. The predicted molar refractivity (Wildman–Crippen MR) is 168 cm³/mol. The monoisotopic (exact) mass is 654 g/mol. The number of ether oxygens (including phenoxy) is 1. The number of nitrogens with zero attached hydrogens (tertiary/aromatic N) is 4. The summed E-state index contributed by atoms with van der Waals surface area (Å²) in [5, 5.41) is 9.41. The van der Waals surface area contributed by atoms with Gasteiger partial charge >= 0.3 is 12.1 Å². The van der Waals surface area contributed by atoms with E-state index in [1.54, 1.807) is 32.9 Å². The number of benzene rings is 2. The summed E-state index contributed by atoms with van der Waals surface area (Å²) in [5.74, 6) is -2.61. The molecule has 4 aromatic rings. The van der Waals surface area contributed by atoms with Gasteiger partial charge in [-0.25, -0.2) is 4.39 Å². The van der Waals surface area contributed by atoms with Gasteiger partial charge in [0.2, 0.25) is 0 Å². The number of aromatic nitrogens is 3. The van der Waals surface area contributed by atoms with E-state index in [0.717, 1.165) is 31.4 Å². The standard InChI is InChI=1S/C33H34F4N6O4/c1-32(2,3)47-27(44)18-21-16-22(34)10-11-23(21)39-30(45)20-9-12-25(42-14-5-4-6-15-42)24(17-20)40-31(46)29-28-26(8-7-13-38-28)43(41-29)19-33(35,36)37/h7-13,16-17H,4-6,14-15,18-19H2,1-3H3,(H,39,45)(H,40,46). The minimum absolute atomic E-state index is 0.00324. The Labute approximate surface area is 268 Å². The Morgan fingerprint density at radius 1 is 0.915 bits per heavy atom. The zero-order valence-electron chi connectivity index (χ0n) is 26.1. The fourth-order valence-corrected chi connectivity index (χ4v) is 5.38. The van der Waals surface area contributed by atoms with Gasteiger partial charge in [0.05, 0.1) is 23.3 Å². The van der Waals surface area contributed by atoms with Gasteiger partial charge in [0.15, 0.2) is 5.69 Å². The summed E-state index contributed by atoms with van der Waals surface area (Å²) in [7, 11) is 0. The van der Waals surface area contributed by atoms with Crippen LogP contribution in [0, 0.1) is 5.82 Å². The number of alkyl halides is 3. The number of halogens is 4. The van der Waals surface area contributed by atoms with E-state index in [2.05, 4.69) is 25.6 Å². The number of nitrogens with one attached hydrogen (secondary N) is 2. The SMILES string of the molecule is CC(C)(C)OC(=O)Cc1cc(F)ccc1NC(=O)c1ccc(N2CCCCC2)c(NC(=O)c2nn(CC(F)(F)F)c3cccnc23)c1. The second-order valence-electron chi connectivity index (χ2n) is 12.2. The summed E-state index contributed by atoms with van der Waals surface area (Å²) in [5.41, 5.74) is 0.365. The van der Waals surface area contributed by atoms with Crippen LogP contribution < -0.4 is 15.5 Å². The van der Waals surface area contributed by atoms with E-state index in [1.165, 1.54) is 30.5 Å². The van der Waals surface area contributed by atoms with Crippen molar-refractivity contribution >= 4 is 45.9 Å². The molecular formula is C33H34F4N6O4. The highest BCUT2D eigenvalue weighted by molar-refractivity contribution is 6.12. The van der Waals surface area contributed by atoms with Crippen LogP contribution in [-0.2, 0) is 22.5 Å². The van der Waals surface area contributed by atoms with Crippen LogP contribution in [0.4, 0.5) is 34.6 Å². The van der Waals surface area contributed by atoms with Crippen LogP contribution in [0.15, 0.2) is 54.7 Å². The van der Waals surface area contributed by atoms with Gasteiger partial charge in [-0.3, -0.25) is 24.0 Å². The lowest BCUT2D eigenvalue weighted by Crippen LogP contribution is -2.30. The molecule has 1 saturated heterocycles. The Kier molecular flexibility index (Phi) is 9.50. The molecule has 10 nitrogen and oxygen atoms in total. The van der Waals surface area contributed by atoms with Crippen LogP contribution >= 0.6 is 0 Å². The van der Waals surface area contributed by atoms with Crippen LogP contribution in [0.3, 0.4) is 0 Å². The molecule has 1 aliphatic heterocycles. The third-order valence-electron chi connectivity index (χ3n) is 7.33. The molecule has 47 heavy (non-hydrogen) atoms. The van der Waals surface area contributed by atoms with Crippen molar-refractivity contribution in [3.8, 4) is 0 Å². The number of carbonyl (C=O) groups is 3.